The van der Waals surface area contributed by atoms with Crippen molar-refractivity contribution in [2.75, 3.05) is 6.54 Å². The Kier molecular flexibility index (Phi) is 11.9. The molecule has 0 bridgehead atoms. The summed E-state index contributed by atoms with van der Waals surface area (Å²) in [6.45, 7) is 17.8. The van der Waals surface area contributed by atoms with Crippen molar-refractivity contribution in [1.29, 1.82) is 0 Å². The zero-order valence-electron chi connectivity index (χ0n) is 25.6. The second kappa shape index (κ2) is 14.2. The summed E-state index contributed by atoms with van der Waals surface area (Å²) in [6, 6.07) is 6.26. The molecule has 1 aliphatic heterocycles. The third-order valence-corrected chi connectivity index (χ3v) is 8.08. The van der Waals surface area contributed by atoms with Crippen LogP contribution in [0.25, 0.3) is 10.4 Å². The van der Waals surface area contributed by atoms with E-state index in [1.807, 2.05) is 92.1 Å². The largest absolute Gasteiger partial charge is 0.348 e. The highest BCUT2D eigenvalue weighted by molar-refractivity contribution is 7.13. The van der Waals surface area contributed by atoms with Gasteiger partial charge in [0, 0.05) is 6.54 Å². The van der Waals surface area contributed by atoms with Crippen LogP contribution in [0, 0.1) is 12.3 Å². The van der Waals surface area contributed by atoms with Crippen molar-refractivity contribution < 1.29 is 18.8 Å². The van der Waals surface area contributed by atoms with E-state index in [1.54, 1.807) is 16.2 Å². The second-order valence-corrected chi connectivity index (χ2v) is 11.9. The van der Waals surface area contributed by atoms with Gasteiger partial charge < -0.3 is 15.5 Å². The average molecular weight is 575 g/mol. The molecule has 222 valence electrons. The molecule has 2 fully saturated rings. The second-order valence-electron chi connectivity index (χ2n) is 11.0. The fourth-order valence-corrected chi connectivity index (χ4v) is 5.42. The first-order chi connectivity index (χ1) is 18.9. The molecular weight excluding hydrogens is 527 g/mol. The summed E-state index contributed by atoms with van der Waals surface area (Å²) >= 11 is 1.59. The number of hydrogen-bond donors (Lipinski definition) is 2. The predicted octanol–water partition coefficient (Wildman–Crippen LogP) is 6.37. The molecule has 2 heterocycles. The molecule has 2 aliphatic rings. The molecule has 2 N–H and O–H groups in total. The summed E-state index contributed by atoms with van der Waals surface area (Å²) in [7, 11) is 0. The Balaban J connectivity index is 0.00000134. The fourth-order valence-electron chi connectivity index (χ4n) is 4.61. The van der Waals surface area contributed by atoms with Crippen molar-refractivity contribution >= 4 is 29.1 Å². The standard InChI is InChI=1S/C27H35FN4O3S.2C2H6/c1-16(18-8-10-19(11-9-18)21-17(2)29-15-36-21)30-23(33)20-7-6-14-32(20)24(34)22(26(3,4)5)31-25(35)27(28)12-13-27;2*1-2/h8-11,15-16,20,22H,6-7,12-14H2,1-5H3,(H,30,33)(H,31,35);2*1-2H3. The molecule has 0 spiro atoms. The van der Waals surface area contributed by atoms with E-state index in [1.165, 1.54) is 0 Å². The maximum absolute atomic E-state index is 14.3. The molecule has 1 aromatic heterocycles. The molecule has 40 heavy (non-hydrogen) atoms. The Hall–Kier alpha value is -2.81. The molecular formula is C31H47FN4O3S. The van der Waals surface area contributed by atoms with E-state index in [4.69, 9.17) is 0 Å². The lowest BCUT2D eigenvalue weighted by Gasteiger charge is -2.36. The van der Waals surface area contributed by atoms with Crippen LogP contribution in [0.1, 0.15) is 98.4 Å². The number of likely N-dealkylation sites (tertiary alicyclic amines) is 1. The molecule has 3 amide bonds. The Morgan fingerprint density at radius 1 is 1.07 bits per heavy atom. The van der Waals surface area contributed by atoms with Crippen LogP contribution < -0.4 is 10.6 Å². The number of carbonyl (C=O) groups excluding carboxylic acids is 3. The molecule has 0 radical (unpaired) electrons. The summed E-state index contributed by atoms with van der Waals surface area (Å²) in [5.74, 6) is -1.30. The minimum Gasteiger partial charge on any atom is -0.348 e. The Morgan fingerprint density at radius 3 is 2.17 bits per heavy atom. The number of benzene rings is 1. The normalized spacial score (nSPS) is 18.8. The van der Waals surface area contributed by atoms with E-state index in [0.717, 1.165) is 21.7 Å². The highest BCUT2D eigenvalue weighted by Gasteiger charge is 2.53. The zero-order chi connectivity index (χ0) is 30.3. The number of thiazole rings is 1. The molecule has 3 atom stereocenters. The van der Waals surface area contributed by atoms with Crippen LogP contribution in [0.2, 0.25) is 0 Å². The molecule has 4 rings (SSSR count). The maximum Gasteiger partial charge on any atom is 0.258 e. The molecule has 2 aromatic rings. The lowest BCUT2D eigenvalue weighted by atomic mass is 9.85. The highest BCUT2D eigenvalue weighted by Crippen LogP contribution is 2.40. The highest BCUT2D eigenvalue weighted by atomic mass is 32.1. The van der Waals surface area contributed by atoms with Gasteiger partial charge in [0.1, 0.15) is 12.1 Å². The van der Waals surface area contributed by atoms with Crippen LogP contribution in [0.15, 0.2) is 29.8 Å². The lowest BCUT2D eigenvalue weighted by molar-refractivity contribution is -0.145. The summed E-state index contributed by atoms with van der Waals surface area (Å²) in [4.78, 5) is 46.1. The number of aryl methyl sites for hydroxylation is 1. The van der Waals surface area contributed by atoms with Crippen LogP contribution in [0.3, 0.4) is 0 Å². The Morgan fingerprint density at radius 2 is 1.68 bits per heavy atom. The van der Waals surface area contributed by atoms with E-state index in [9.17, 15) is 18.8 Å². The van der Waals surface area contributed by atoms with E-state index < -0.39 is 29.1 Å². The van der Waals surface area contributed by atoms with E-state index in [0.29, 0.717) is 19.4 Å². The number of carbonyl (C=O) groups is 3. The van der Waals surface area contributed by atoms with Gasteiger partial charge in [-0.2, -0.15) is 0 Å². The predicted molar refractivity (Wildman–Crippen MR) is 161 cm³/mol. The van der Waals surface area contributed by atoms with Crippen LogP contribution in [0.5, 0.6) is 0 Å². The first kappa shape index (κ1) is 33.4. The van der Waals surface area contributed by atoms with Crippen molar-refractivity contribution in [2.45, 2.75) is 112 Å². The van der Waals surface area contributed by atoms with Gasteiger partial charge in [-0.3, -0.25) is 14.4 Å². The van der Waals surface area contributed by atoms with Gasteiger partial charge in [0.15, 0.2) is 5.67 Å². The molecule has 3 unspecified atom stereocenters. The molecule has 1 aromatic carbocycles. The number of hydrogen-bond acceptors (Lipinski definition) is 5. The van der Waals surface area contributed by atoms with Crippen molar-refractivity contribution in [3.8, 4) is 10.4 Å². The summed E-state index contributed by atoms with van der Waals surface area (Å²) in [5.41, 5.74) is 2.36. The number of alkyl halides is 1. The lowest BCUT2D eigenvalue weighted by Crippen LogP contribution is -2.59. The summed E-state index contributed by atoms with van der Waals surface area (Å²) in [5, 5.41) is 5.69. The van der Waals surface area contributed by atoms with E-state index >= 15 is 0 Å². The summed E-state index contributed by atoms with van der Waals surface area (Å²) < 4.78 is 14.3. The van der Waals surface area contributed by atoms with Crippen LogP contribution in [-0.4, -0.2) is 51.9 Å². The smallest absolute Gasteiger partial charge is 0.258 e. The number of halogens is 1. The fraction of sp³-hybridized carbons (Fsp3) is 0.613. The molecule has 1 saturated heterocycles. The Labute approximate surface area is 243 Å². The van der Waals surface area contributed by atoms with Gasteiger partial charge in [0.2, 0.25) is 11.8 Å². The zero-order valence-corrected chi connectivity index (χ0v) is 26.4. The van der Waals surface area contributed by atoms with Gasteiger partial charge in [-0.25, -0.2) is 9.37 Å². The van der Waals surface area contributed by atoms with Crippen LogP contribution in [0.4, 0.5) is 4.39 Å². The van der Waals surface area contributed by atoms with Gasteiger partial charge in [0.05, 0.1) is 22.1 Å². The first-order valence-electron chi connectivity index (χ1n) is 14.5. The van der Waals surface area contributed by atoms with Crippen molar-refractivity contribution in [1.82, 2.24) is 20.5 Å². The van der Waals surface area contributed by atoms with Crippen molar-refractivity contribution in [3.63, 3.8) is 0 Å². The van der Waals surface area contributed by atoms with Crippen LogP contribution in [-0.2, 0) is 14.4 Å². The van der Waals surface area contributed by atoms with Crippen molar-refractivity contribution in [3.05, 3.63) is 41.0 Å². The molecule has 7 nitrogen and oxygen atoms in total. The monoisotopic (exact) mass is 574 g/mol. The number of nitrogens with zero attached hydrogens (tertiary/aromatic N) is 2. The van der Waals surface area contributed by atoms with E-state index in [-0.39, 0.29) is 30.7 Å². The van der Waals surface area contributed by atoms with Crippen molar-refractivity contribution in [2.24, 2.45) is 5.41 Å². The quantitative estimate of drug-likeness (QED) is 0.402. The number of nitrogens with one attached hydrogen (secondary N) is 2. The first-order valence-corrected chi connectivity index (χ1v) is 15.4. The van der Waals surface area contributed by atoms with Gasteiger partial charge in [-0.15, -0.1) is 11.3 Å². The van der Waals surface area contributed by atoms with Crippen LogP contribution >= 0.6 is 11.3 Å². The third-order valence-electron chi connectivity index (χ3n) is 7.10. The Bertz CT molecular complexity index is 1140. The van der Waals surface area contributed by atoms with E-state index in [2.05, 4.69) is 15.6 Å². The minimum atomic E-state index is -1.87. The van der Waals surface area contributed by atoms with Gasteiger partial charge in [0.25, 0.3) is 5.91 Å². The SMILES string of the molecule is CC.CC.Cc1ncsc1-c1ccc(C(C)NC(=O)C2CCCN2C(=O)C(NC(=O)C2(F)CC2)C(C)(C)C)cc1. The van der Waals surface area contributed by atoms with Gasteiger partial charge in [-0.1, -0.05) is 72.7 Å². The minimum absolute atomic E-state index is 0.182. The maximum atomic E-state index is 14.3. The molecule has 1 aliphatic carbocycles. The summed E-state index contributed by atoms with van der Waals surface area (Å²) in [6.07, 6.45) is 1.60. The van der Waals surface area contributed by atoms with Gasteiger partial charge >= 0.3 is 0 Å². The number of amides is 3. The molecule has 9 heteroatoms. The molecule has 1 saturated carbocycles. The number of aromatic nitrogens is 1. The topological polar surface area (TPSA) is 91.4 Å². The number of rotatable bonds is 7. The third kappa shape index (κ3) is 7.89. The van der Waals surface area contributed by atoms with Gasteiger partial charge in [-0.05, 0) is 56.1 Å². The average Bonchev–Trinajstić information content (AvgIpc) is 3.30.